The van der Waals surface area contributed by atoms with E-state index in [9.17, 15) is 13.2 Å². The number of aryl methyl sites for hydroxylation is 1. The molecule has 0 bridgehead atoms. The van der Waals surface area contributed by atoms with E-state index in [0.717, 1.165) is 11.1 Å². The highest BCUT2D eigenvalue weighted by atomic mass is 19.4. The molecule has 21 heavy (non-hydrogen) atoms. The summed E-state index contributed by atoms with van der Waals surface area (Å²) >= 11 is 0. The Labute approximate surface area is 121 Å². The van der Waals surface area contributed by atoms with Crippen LogP contribution in [-0.4, -0.2) is 13.4 Å². The minimum atomic E-state index is -4.68. The molecule has 0 saturated heterocycles. The average Bonchev–Trinajstić information content (AvgIpc) is 2.38. The summed E-state index contributed by atoms with van der Waals surface area (Å²) in [5, 5.41) is 3.12. The van der Waals surface area contributed by atoms with Crippen molar-refractivity contribution in [1.29, 1.82) is 0 Å². The number of rotatable bonds is 4. The highest BCUT2D eigenvalue weighted by Gasteiger charge is 2.31. The van der Waals surface area contributed by atoms with Crippen molar-refractivity contribution in [2.45, 2.75) is 19.3 Å². The molecule has 0 aromatic heterocycles. The van der Waals surface area contributed by atoms with Gasteiger partial charge in [-0.3, -0.25) is 0 Å². The Morgan fingerprint density at radius 2 is 1.62 bits per heavy atom. The first-order valence-electron chi connectivity index (χ1n) is 6.48. The van der Waals surface area contributed by atoms with E-state index in [0.29, 0.717) is 5.56 Å². The molecule has 0 radical (unpaired) electrons. The van der Waals surface area contributed by atoms with E-state index in [4.69, 9.17) is 0 Å². The van der Waals surface area contributed by atoms with Gasteiger partial charge in [0, 0.05) is 0 Å². The van der Waals surface area contributed by atoms with Gasteiger partial charge in [0.25, 0.3) is 0 Å². The first kappa shape index (κ1) is 15.4. The lowest BCUT2D eigenvalue weighted by Gasteiger charge is -2.19. The molecule has 0 amide bonds. The van der Waals surface area contributed by atoms with Crippen LogP contribution in [0.1, 0.15) is 22.7 Å². The summed E-state index contributed by atoms with van der Waals surface area (Å²) in [6, 6.07) is 13.6. The molecule has 112 valence electrons. The Bertz CT molecular complexity index is 610. The second-order valence-corrected chi connectivity index (χ2v) is 4.76. The number of halogens is 3. The summed E-state index contributed by atoms with van der Waals surface area (Å²) in [6.45, 7) is 1.97. The number of hydrogen-bond acceptors (Lipinski definition) is 2. The second kappa shape index (κ2) is 6.18. The summed E-state index contributed by atoms with van der Waals surface area (Å²) in [5.41, 5.74) is 2.79. The maximum Gasteiger partial charge on any atom is 0.573 e. The lowest BCUT2D eigenvalue weighted by molar-refractivity contribution is -0.274. The molecule has 2 aromatic rings. The van der Waals surface area contributed by atoms with Gasteiger partial charge in [0.1, 0.15) is 5.75 Å². The minimum absolute atomic E-state index is 0.193. The van der Waals surface area contributed by atoms with Gasteiger partial charge >= 0.3 is 6.36 Å². The van der Waals surface area contributed by atoms with Gasteiger partial charge in [0.05, 0.1) is 6.04 Å². The Morgan fingerprint density at radius 1 is 1.00 bits per heavy atom. The summed E-state index contributed by atoms with van der Waals surface area (Å²) in [4.78, 5) is 0. The molecule has 1 N–H and O–H groups in total. The molecule has 2 nitrogen and oxygen atoms in total. The molecule has 0 spiro atoms. The van der Waals surface area contributed by atoms with Crippen LogP contribution < -0.4 is 10.1 Å². The SMILES string of the molecule is CNC(c1cccc(C)c1)c1cccc(OC(F)(F)F)c1. The fourth-order valence-corrected chi connectivity index (χ4v) is 2.27. The first-order valence-corrected chi connectivity index (χ1v) is 6.48. The van der Waals surface area contributed by atoms with Crippen molar-refractivity contribution in [2.75, 3.05) is 7.05 Å². The van der Waals surface area contributed by atoms with Gasteiger partial charge in [-0.25, -0.2) is 0 Å². The molecule has 5 heteroatoms. The molecule has 0 aliphatic heterocycles. The van der Waals surface area contributed by atoms with Crippen molar-refractivity contribution in [3.8, 4) is 5.75 Å². The van der Waals surface area contributed by atoms with Gasteiger partial charge in [-0.1, -0.05) is 42.0 Å². The van der Waals surface area contributed by atoms with Gasteiger partial charge < -0.3 is 10.1 Å². The summed E-state index contributed by atoms with van der Waals surface area (Å²) in [6.07, 6.45) is -4.68. The fourth-order valence-electron chi connectivity index (χ4n) is 2.27. The number of alkyl halides is 3. The predicted molar refractivity (Wildman–Crippen MR) is 75.2 cm³/mol. The molecule has 1 unspecified atom stereocenters. The molecule has 2 rings (SSSR count). The van der Waals surface area contributed by atoms with Crippen LogP contribution in [0.4, 0.5) is 13.2 Å². The summed E-state index contributed by atoms with van der Waals surface area (Å²) in [5.74, 6) is -0.215. The van der Waals surface area contributed by atoms with Crippen molar-refractivity contribution in [1.82, 2.24) is 5.32 Å². The molecule has 1 atom stereocenters. The van der Waals surface area contributed by atoms with Gasteiger partial charge in [0.15, 0.2) is 0 Å². The maximum absolute atomic E-state index is 12.3. The molecule has 2 aromatic carbocycles. The second-order valence-electron chi connectivity index (χ2n) is 4.76. The standard InChI is InChI=1S/C16H16F3NO/c1-11-5-3-6-12(9-11)15(20-2)13-7-4-8-14(10-13)21-16(17,18)19/h3-10,15,20H,1-2H3. The van der Waals surface area contributed by atoms with E-state index in [1.54, 1.807) is 19.2 Å². The zero-order valence-corrected chi connectivity index (χ0v) is 11.7. The quantitative estimate of drug-likeness (QED) is 0.912. The van der Waals surface area contributed by atoms with Crippen LogP contribution in [0.15, 0.2) is 48.5 Å². The van der Waals surface area contributed by atoms with Crippen molar-refractivity contribution in [3.63, 3.8) is 0 Å². The van der Waals surface area contributed by atoms with Crippen molar-refractivity contribution in [3.05, 3.63) is 65.2 Å². The Morgan fingerprint density at radius 3 is 2.19 bits per heavy atom. The molecule has 0 aliphatic rings. The number of benzene rings is 2. The predicted octanol–water partition coefficient (Wildman–Crippen LogP) is 4.20. The lowest BCUT2D eigenvalue weighted by atomic mass is 9.97. The molecule has 0 fully saturated rings. The topological polar surface area (TPSA) is 21.3 Å². The highest BCUT2D eigenvalue weighted by Crippen LogP contribution is 2.28. The smallest absolute Gasteiger partial charge is 0.406 e. The van der Waals surface area contributed by atoms with Crippen molar-refractivity contribution < 1.29 is 17.9 Å². The largest absolute Gasteiger partial charge is 0.573 e. The van der Waals surface area contributed by atoms with E-state index in [2.05, 4.69) is 10.1 Å². The van der Waals surface area contributed by atoms with E-state index < -0.39 is 6.36 Å². The highest BCUT2D eigenvalue weighted by molar-refractivity contribution is 5.37. The van der Waals surface area contributed by atoms with Gasteiger partial charge in [-0.05, 0) is 37.2 Å². The molecular weight excluding hydrogens is 279 g/mol. The number of nitrogens with one attached hydrogen (secondary N) is 1. The third-order valence-electron chi connectivity index (χ3n) is 3.09. The van der Waals surface area contributed by atoms with Gasteiger partial charge in [0.2, 0.25) is 0 Å². The van der Waals surface area contributed by atoms with Crippen LogP contribution in [0.2, 0.25) is 0 Å². The molecule has 0 saturated carbocycles. The van der Waals surface area contributed by atoms with Crippen molar-refractivity contribution in [2.24, 2.45) is 0 Å². The third-order valence-corrected chi connectivity index (χ3v) is 3.09. The molecular formula is C16H16F3NO. The average molecular weight is 295 g/mol. The lowest BCUT2D eigenvalue weighted by Crippen LogP contribution is -2.19. The molecule has 0 heterocycles. The van der Waals surface area contributed by atoms with E-state index >= 15 is 0 Å². The number of ether oxygens (including phenoxy) is 1. The van der Waals surface area contributed by atoms with E-state index in [1.165, 1.54) is 12.1 Å². The zero-order chi connectivity index (χ0) is 15.5. The Hall–Kier alpha value is -2.01. The van der Waals surface area contributed by atoms with Crippen LogP contribution in [0.5, 0.6) is 5.75 Å². The Balaban J connectivity index is 2.32. The normalized spacial score (nSPS) is 13.0. The zero-order valence-electron chi connectivity index (χ0n) is 11.7. The van der Waals surface area contributed by atoms with E-state index in [1.807, 2.05) is 31.2 Å². The number of hydrogen-bond donors (Lipinski definition) is 1. The summed E-state index contributed by atoms with van der Waals surface area (Å²) in [7, 11) is 1.77. The van der Waals surface area contributed by atoms with Crippen molar-refractivity contribution >= 4 is 0 Å². The van der Waals surface area contributed by atoms with Gasteiger partial charge in [-0.2, -0.15) is 0 Å². The Kier molecular flexibility index (Phi) is 4.53. The third kappa shape index (κ3) is 4.23. The monoisotopic (exact) mass is 295 g/mol. The summed E-state index contributed by atoms with van der Waals surface area (Å²) < 4.78 is 40.9. The van der Waals surface area contributed by atoms with Gasteiger partial charge in [-0.15, -0.1) is 13.2 Å². The molecule has 0 aliphatic carbocycles. The van der Waals surface area contributed by atoms with Crippen LogP contribution in [0.25, 0.3) is 0 Å². The fraction of sp³-hybridized carbons (Fsp3) is 0.250. The van der Waals surface area contributed by atoms with Crippen LogP contribution in [0, 0.1) is 6.92 Å². The first-order chi connectivity index (χ1) is 9.89. The van der Waals surface area contributed by atoms with Crippen LogP contribution in [-0.2, 0) is 0 Å². The van der Waals surface area contributed by atoms with E-state index in [-0.39, 0.29) is 11.8 Å². The van der Waals surface area contributed by atoms with Crippen LogP contribution in [0.3, 0.4) is 0 Å². The maximum atomic E-state index is 12.3. The van der Waals surface area contributed by atoms with Crippen LogP contribution >= 0.6 is 0 Å². The minimum Gasteiger partial charge on any atom is -0.406 e.